The van der Waals surface area contributed by atoms with Gasteiger partial charge in [0.2, 0.25) is 5.91 Å². The molecule has 1 fully saturated rings. The Morgan fingerprint density at radius 1 is 1.03 bits per heavy atom. The maximum Gasteiger partial charge on any atom is 0.258 e. The van der Waals surface area contributed by atoms with Gasteiger partial charge in [-0.05, 0) is 76.5 Å². The van der Waals surface area contributed by atoms with Crippen LogP contribution in [0, 0.1) is 19.8 Å². The van der Waals surface area contributed by atoms with Crippen molar-refractivity contribution in [3.8, 4) is 0 Å². The van der Waals surface area contributed by atoms with Gasteiger partial charge in [-0.15, -0.1) is 0 Å². The molecule has 1 aliphatic heterocycles. The van der Waals surface area contributed by atoms with Crippen LogP contribution in [0.15, 0.2) is 53.5 Å². The van der Waals surface area contributed by atoms with Crippen molar-refractivity contribution in [1.29, 1.82) is 0 Å². The quantitative estimate of drug-likeness (QED) is 0.679. The molecule has 0 radical (unpaired) electrons. The second-order valence-corrected chi connectivity index (χ2v) is 9.01. The topological polar surface area (TPSA) is 54.3 Å². The molecule has 1 N–H and O–H groups in total. The summed E-state index contributed by atoms with van der Waals surface area (Å²) >= 11 is 0. The number of hydrogen-bond acceptors (Lipinski definition) is 3. The van der Waals surface area contributed by atoms with E-state index in [0.717, 1.165) is 54.6 Å². The molecule has 162 valence electrons. The number of nitrogens with zero attached hydrogens (tertiary/aromatic N) is 2. The van der Waals surface area contributed by atoms with Crippen molar-refractivity contribution in [2.45, 2.75) is 39.7 Å². The molecule has 2 aromatic carbocycles. The van der Waals surface area contributed by atoms with E-state index in [4.69, 9.17) is 0 Å². The first-order chi connectivity index (χ1) is 14.9. The highest BCUT2D eigenvalue weighted by Crippen LogP contribution is 2.23. The lowest BCUT2D eigenvalue weighted by atomic mass is 9.97. The van der Waals surface area contributed by atoms with Crippen LogP contribution < -0.4 is 10.9 Å². The summed E-state index contributed by atoms with van der Waals surface area (Å²) in [6, 6.07) is 13.7. The number of carbonyl (C=O) groups excluding carboxylic acids is 1. The summed E-state index contributed by atoms with van der Waals surface area (Å²) in [5.74, 6) is 0.458. The molecule has 1 saturated heterocycles. The summed E-state index contributed by atoms with van der Waals surface area (Å²) in [6.45, 7) is 7.00. The minimum Gasteiger partial charge on any atom is -0.325 e. The average molecular weight is 418 g/mol. The van der Waals surface area contributed by atoms with Gasteiger partial charge in [-0.2, -0.15) is 0 Å². The van der Waals surface area contributed by atoms with Crippen molar-refractivity contribution in [3.63, 3.8) is 0 Å². The Morgan fingerprint density at radius 3 is 2.45 bits per heavy atom. The number of nitrogens with one attached hydrogen (secondary N) is 1. The number of likely N-dealkylation sites (tertiary alicyclic amines) is 1. The summed E-state index contributed by atoms with van der Waals surface area (Å²) < 4.78 is 1.83. The number of pyridine rings is 1. The van der Waals surface area contributed by atoms with E-state index in [1.165, 1.54) is 0 Å². The maximum absolute atomic E-state index is 13.1. The predicted molar refractivity (Wildman–Crippen MR) is 127 cm³/mol. The zero-order valence-electron chi connectivity index (χ0n) is 18.6. The number of amides is 1. The first kappa shape index (κ1) is 21.3. The average Bonchev–Trinajstić information content (AvgIpc) is 2.71. The van der Waals surface area contributed by atoms with Crippen molar-refractivity contribution < 1.29 is 4.79 Å². The molecule has 31 heavy (non-hydrogen) atoms. The molecule has 5 heteroatoms. The summed E-state index contributed by atoms with van der Waals surface area (Å²) in [4.78, 5) is 28.1. The molecule has 4 rings (SSSR count). The monoisotopic (exact) mass is 417 g/mol. The van der Waals surface area contributed by atoms with Crippen LogP contribution in [-0.2, 0) is 17.8 Å². The first-order valence-electron chi connectivity index (χ1n) is 11.1. The van der Waals surface area contributed by atoms with Crippen molar-refractivity contribution in [3.05, 3.63) is 75.7 Å². The van der Waals surface area contributed by atoms with E-state index in [1.54, 1.807) is 0 Å². The van der Waals surface area contributed by atoms with E-state index < -0.39 is 0 Å². The van der Waals surface area contributed by atoms with Gasteiger partial charge >= 0.3 is 0 Å². The van der Waals surface area contributed by atoms with Crippen LogP contribution in [0.5, 0.6) is 0 Å². The molecular weight excluding hydrogens is 386 g/mol. The van der Waals surface area contributed by atoms with Gasteiger partial charge < -0.3 is 14.8 Å². The second-order valence-electron chi connectivity index (χ2n) is 9.01. The molecule has 0 bridgehead atoms. The number of hydrogen-bond donors (Lipinski definition) is 1. The zero-order valence-corrected chi connectivity index (χ0v) is 18.6. The Labute approximate surface area is 183 Å². The zero-order chi connectivity index (χ0) is 22.0. The molecule has 1 aromatic heterocycles. The highest BCUT2D eigenvalue weighted by Gasteiger charge is 2.18. The van der Waals surface area contributed by atoms with Gasteiger partial charge in [0.05, 0.1) is 6.42 Å². The van der Waals surface area contributed by atoms with E-state index in [0.29, 0.717) is 23.4 Å². The number of rotatable bonds is 5. The third-order valence-corrected chi connectivity index (χ3v) is 6.23. The molecule has 1 amide bonds. The van der Waals surface area contributed by atoms with Crippen molar-refractivity contribution >= 4 is 22.4 Å². The molecular formula is C26H31N3O2. The fourth-order valence-corrected chi connectivity index (χ4v) is 4.64. The molecule has 0 spiro atoms. The van der Waals surface area contributed by atoms with Crippen molar-refractivity contribution in [2.75, 3.05) is 25.5 Å². The standard InChI is InChI=1S/C26H31N3O2/c1-18-13-19(2)15-21(14-18)16-25(30)27-24-6-4-5-23-22(24)9-12-29(26(23)31)17-20-7-10-28(3)11-8-20/h4-6,9,12-15,20H,7-8,10-11,16-17H2,1-3H3,(H,27,30). The molecule has 0 aliphatic carbocycles. The van der Waals surface area contributed by atoms with E-state index >= 15 is 0 Å². The van der Waals surface area contributed by atoms with Crippen molar-refractivity contribution in [1.82, 2.24) is 9.47 Å². The normalized spacial score (nSPS) is 15.3. The Kier molecular flexibility index (Phi) is 6.23. The highest BCUT2D eigenvalue weighted by molar-refractivity contribution is 6.02. The van der Waals surface area contributed by atoms with Crippen LogP contribution in [0.25, 0.3) is 10.8 Å². The predicted octanol–water partition coefficient (Wildman–Crippen LogP) is 4.14. The minimum absolute atomic E-state index is 0.0156. The molecule has 1 aliphatic rings. The summed E-state index contributed by atoms with van der Waals surface area (Å²) in [5.41, 5.74) is 4.00. The van der Waals surface area contributed by atoms with Crippen LogP contribution in [0.3, 0.4) is 0 Å². The molecule has 0 saturated carbocycles. The van der Waals surface area contributed by atoms with Gasteiger partial charge in [-0.1, -0.05) is 35.4 Å². The number of anilines is 1. The Morgan fingerprint density at radius 2 is 1.74 bits per heavy atom. The van der Waals surface area contributed by atoms with Gasteiger partial charge in [0.1, 0.15) is 0 Å². The van der Waals surface area contributed by atoms with Crippen LogP contribution in [0.1, 0.15) is 29.5 Å². The second kappa shape index (κ2) is 9.06. The maximum atomic E-state index is 13.1. The molecule has 0 atom stereocenters. The summed E-state index contributed by atoms with van der Waals surface area (Å²) in [6.07, 6.45) is 4.43. The first-order valence-corrected chi connectivity index (χ1v) is 11.1. The van der Waals surface area contributed by atoms with Gasteiger partial charge in [-0.3, -0.25) is 9.59 Å². The lowest BCUT2D eigenvalue weighted by molar-refractivity contribution is -0.115. The smallest absolute Gasteiger partial charge is 0.258 e. The van der Waals surface area contributed by atoms with Crippen LogP contribution in [0.4, 0.5) is 5.69 Å². The number of piperidine rings is 1. The minimum atomic E-state index is -0.0759. The molecule has 2 heterocycles. The van der Waals surface area contributed by atoms with E-state index in [-0.39, 0.29) is 11.5 Å². The number of fused-ring (bicyclic) bond motifs is 1. The third-order valence-electron chi connectivity index (χ3n) is 6.23. The lowest BCUT2D eigenvalue weighted by Crippen LogP contribution is -2.33. The lowest BCUT2D eigenvalue weighted by Gasteiger charge is -2.29. The summed E-state index contributed by atoms with van der Waals surface area (Å²) in [7, 11) is 2.15. The van der Waals surface area contributed by atoms with Crippen LogP contribution >= 0.6 is 0 Å². The Hall–Kier alpha value is -2.92. The number of benzene rings is 2. The fraction of sp³-hybridized carbons (Fsp3) is 0.385. The van der Waals surface area contributed by atoms with Gasteiger partial charge in [0.25, 0.3) is 5.56 Å². The third kappa shape index (κ3) is 5.05. The van der Waals surface area contributed by atoms with Crippen LogP contribution in [-0.4, -0.2) is 35.5 Å². The molecule has 3 aromatic rings. The van der Waals surface area contributed by atoms with Gasteiger partial charge in [0.15, 0.2) is 0 Å². The number of aromatic nitrogens is 1. The van der Waals surface area contributed by atoms with E-state index in [1.807, 2.05) is 61.0 Å². The summed E-state index contributed by atoms with van der Waals surface area (Å²) in [5, 5.41) is 4.46. The van der Waals surface area contributed by atoms with E-state index in [9.17, 15) is 9.59 Å². The molecule has 5 nitrogen and oxygen atoms in total. The number of carbonyl (C=O) groups is 1. The van der Waals surface area contributed by atoms with Gasteiger partial charge in [-0.25, -0.2) is 0 Å². The SMILES string of the molecule is Cc1cc(C)cc(CC(=O)Nc2cccc3c(=O)n(CC4CCN(C)CC4)ccc23)c1. The van der Waals surface area contributed by atoms with Crippen LogP contribution in [0.2, 0.25) is 0 Å². The Bertz CT molecular complexity index is 1140. The van der Waals surface area contributed by atoms with E-state index in [2.05, 4.69) is 23.3 Å². The van der Waals surface area contributed by atoms with Crippen molar-refractivity contribution in [2.24, 2.45) is 5.92 Å². The Balaban J connectivity index is 1.53. The molecule has 0 unspecified atom stereocenters. The fourth-order valence-electron chi connectivity index (χ4n) is 4.64. The largest absolute Gasteiger partial charge is 0.325 e. The van der Waals surface area contributed by atoms with Gasteiger partial charge in [0, 0.05) is 29.2 Å². The highest BCUT2D eigenvalue weighted by atomic mass is 16.1. The number of aryl methyl sites for hydroxylation is 2.